The number of hydrogen-bond donors (Lipinski definition) is 0. The summed E-state index contributed by atoms with van der Waals surface area (Å²) in [5.74, 6) is 0.326. The Labute approximate surface area is 109 Å². The van der Waals surface area contributed by atoms with Crippen LogP contribution in [0.2, 0.25) is 0 Å². The van der Waals surface area contributed by atoms with Gasteiger partial charge in [0.05, 0.1) is 17.6 Å². The van der Waals surface area contributed by atoms with Crippen LogP contribution in [0.15, 0.2) is 52.3 Å². The van der Waals surface area contributed by atoms with Crippen LogP contribution < -0.4 is 4.74 Å². The van der Waals surface area contributed by atoms with Crippen molar-refractivity contribution in [1.82, 2.24) is 0 Å². The van der Waals surface area contributed by atoms with Crippen LogP contribution >= 0.6 is 11.8 Å². The average Bonchev–Trinajstić information content (AvgIpc) is 2.41. The first-order valence-corrected chi connectivity index (χ1v) is 6.07. The standard InChI is InChI=1S/C14H10FNOS/c1-17-12-4-2-3-5-14(12)18-13-7-6-11(15)8-10(13)9-16/h2-8H,1H3. The zero-order valence-corrected chi connectivity index (χ0v) is 10.5. The number of rotatable bonds is 3. The smallest absolute Gasteiger partial charge is 0.132 e. The van der Waals surface area contributed by atoms with E-state index in [2.05, 4.69) is 0 Å². The van der Waals surface area contributed by atoms with Crippen molar-refractivity contribution in [3.05, 3.63) is 53.8 Å². The summed E-state index contributed by atoms with van der Waals surface area (Å²) >= 11 is 1.38. The number of nitrogens with zero attached hydrogens (tertiary/aromatic N) is 1. The van der Waals surface area contributed by atoms with Gasteiger partial charge in [-0.3, -0.25) is 0 Å². The Morgan fingerprint density at radius 2 is 1.94 bits per heavy atom. The van der Waals surface area contributed by atoms with E-state index < -0.39 is 5.82 Å². The number of ether oxygens (including phenoxy) is 1. The summed E-state index contributed by atoms with van der Waals surface area (Å²) in [6, 6.07) is 13.7. The third-order valence-electron chi connectivity index (χ3n) is 2.35. The maximum Gasteiger partial charge on any atom is 0.132 e. The lowest BCUT2D eigenvalue weighted by Gasteiger charge is -2.08. The molecule has 2 aromatic carbocycles. The molecule has 0 bridgehead atoms. The van der Waals surface area contributed by atoms with E-state index in [1.54, 1.807) is 13.2 Å². The lowest BCUT2D eigenvalue weighted by molar-refractivity contribution is 0.405. The third kappa shape index (κ3) is 2.63. The molecule has 2 rings (SSSR count). The summed E-state index contributed by atoms with van der Waals surface area (Å²) in [6.07, 6.45) is 0. The van der Waals surface area contributed by atoms with Gasteiger partial charge in [0.15, 0.2) is 0 Å². The molecule has 0 unspecified atom stereocenters. The Kier molecular flexibility index (Phi) is 3.85. The van der Waals surface area contributed by atoms with E-state index in [0.717, 1.165) is 10.6 Å². The van der Waals surface area contributed by atoms with Crippen molar-refractivity contribution in [1.29, 1.82) is 5.26 Å². The topological polar surface area (TPSA) is 33.0 Å². The predicted octanol–water partition coefficient (Wildman–Crippen LogP) is 3.86. The van der Waals surface area contributed by atoms with Crippen LogP contribution in [0.5, 0.6) is 5.75 Å². The summed E-state index contributed by atoms with van der Waals surface area (Å²) in [5.41, 5.74) is 0.325. The van der Waals surface area contributed by atoms with Crippen molar-refractivity contribution in [2.24, 2.45) is 0 Å². The highest BCUT2D eigenvalue weighted by atomic mass is 32.2. The fourth-order valence-corrected chi connectivity index (χ4v) is 2.49. The van der Waals surface area contributed by atoms with Gasteiger partial charge in [-0.05, 0) is 30.3 Å². The van der Waals surface area contributed by atoms with Gasteiger partial charge in [0.25, 0.3) is 0 Å². The molecule has 0 saturated heterocycles. The highest BCUT2D eigenvalue weighted by Gasteiger charge is 2.08. The highest BCUT2D eigenvalue weighted by molar-refractivity contribution is 7.99. The molecule has 90 valence electrons. The number of hydrogen-bond acceptors (Lipinski definition) is 3. The summed E-state index contributed by atoms with van der Waals surface area (Å²) in [6.45, 7) is 0. The predicted molar refractivity (Wildman–Crippen MR) is 68.2 cm³/mol. The van der Waals surface area contributed by atoms with Gasteiger partial charge >= 0.3 is 0 Å². The normalized spacial score (nSPS) is 9.83. The van der Waals surface area contributed by atoms with Gasteiger partial charge in [-0.1, -0.05) is 23.9 Å². The summed E-state index contributed by atoms with van der Waals surface area (Å²) in [7, 11) is 1.59. The molecule has 18 heavy (non-hydrogen) atoms. The van der Waals surface area contributed by atoms with Crippen LogP contribution in [0, 0.1) is 17.1 Å². The lowest BCUT2D eigenvalue weighted by atomic mass is 10.2. The van der Waals surface area contributed by atoms with E-state index in [0.29, 0.717) is 10.5 Å². The first-order chi connectivity index (χ1) is 8.74. The molecule has 0 N–H and O–H groups in total. The molecule has 0 aromatic heterocycles. The van der Waals surface area contributed by atoms with E-state index in [-0.39, 0.29) is 0 Å². The Bertz CT molecular complexity index is 607. The molecular weight excluding hydrogens is 249 g/mol. The minimum Gasteiger partial charge on any atom is -0.496 e. The Balaban J connectivity index is 2.37. The lowest BCUT2D eigenvalue weighted by Crippen LogP contribution is -1.87. The molecule has 0 atom stereocenters. The molecule has 2 aromatic rings. The van der Waals surface area contributed by atoms with Crippen LogP contribution in [0.4, 0.5) is 4.39 Å². The van der Waals surface area contributed by atoms with E-state index in [4.69, 9.17) is 10.00 Å². The van der Waals surface area contributed by atoms with Crippen molar-refractivity contribution in [2.45, 2.75) is 9.79 Å². The zero-order chi connectivity index (χ0) is 13.0. The quantitative estimate of drug-likeness (QED) is 0.839. The third-order valence-corrected chi connectivity index (χ3v) is 3.48. The second kappa shape index (κ2) is 5.56. The minimum absolute atomic E-state index is 0.325. The van der Waals surface area contributed by atoms with Gasteiger partial charge in [-0.25, -0.2) is 4.39 Å². The number of para-hydroxylation sites is 1. The average molecular weight is 259 g/mol. The van der Waals surface area contributed by atoms with Crippen LogP contribution in [0.1, 0.15) is 5.56 Å². The van der Waals surface area contributed by atoms with E-state index in [1.165, 1.54) is 23.9 Å². The first-order valence-electron chi connectivity index (χ1n) is 5.25. The van der Waals surface area contributed by atoms with Crippen molar-refractivity contribution in [3.8, 4) is 11.8 Å². The van der Waals surface area contributed by atoms with Gasteiger partial charge in [-0.2, -0.15) is 5.26 Å². The molecule has 0 saturated carbocycles. The van der Waals surface area contributed by atoms with Crippen LogP contribution in [0.3, 0.4) is 0 Å². The van der Waals surface area contributed by atoms with Crippen LogP contribution in [-0.4, -0.2) is 7.11 Å². The molecular formula is C14H10FNOS. The maximum atomic E-state index is 13.0. The molecule has 0 fully saturated rings. The second-order valence-corrected chi connectivity index (χ2v) is 4.59. The van der Waals surface area contributed by atoms with Crippen molar-refractivity contribution in [3.63, 3.8) is 0 Å². The van der Waals surface area contributed by atoms with Crippen molar-refractivity contribution < 1.29 is 9.13 Å². The second-order valence-electron chi connectivity index (χ2n) is 3.51. The Morgan fingerprint density at radius 1 is 1.17 bits per heavy atom. The zero-order valence-electron chi connectivity index (χ0n) is 9.68. The van der Waals surface area contributed by atoms with Crippen molar-refractivity contribution in [2.75, 3.05) is 7.11 Å². The first kappa shape index (κ1) is 12.5. The largest absolute Gasteiger partial charge is 0.496 e. The Hall–Kier alpha value is -1.99. The number of benzene rings is 2. The number of methoxy groups -OCH3 is 1. The van der Waals surface area contributed by atoms with E-state index in [9.17, 15) is 4.39 Å². The molecule has 0 radical (unpaired) electrons. The SMILES string of the molecule is COc1ccccc1Sc1ccc(F)cc1C#N. The molecule has 0 spiro atoms. The van der Waals surface area contributed by atoms with Gasteiger partial charge in [-0.15, -0.1) is 0 Å². The summed E-state index contributed by atoms with van der Waals surface area (Å²) < 4.78 is 18.3. The van der Waals surface area contributed by atoms with Gasteiger partial charge < -0.3 is 4.74 Å². The molecule has 0 aliphatic carbocycles. The molecule has 0 aliphatic heterocycles. The van der Waals surface area contributed by atoms with Gasteiger partial charge in [0.1, 0.15) is 17.6 Å². The van der Waals surface area contributed by atoms with E-state index >= 15 is 0 Å². The molecule has 2 nitrogen and oxygen atoms in total. The Morgan fingerprint density at radius 3 is 2.67 bits per heavy atom. The molecule has 0 amide bonds. The van der Waals surface area contributed by atoms with Crippen LogP contribution in [-0.2, 0) is 0 Å². The minimum atomic E-state index is -0.407. The maximum absolute atomic E-state index is 13.0. The monoisotopic (exact) mass is 259 g/mol. The van der Waals surface area contributed by atoms with Gasteiger partial charge in [0, 0.05) is 4.90 Å². The fraction of sp³-hybridized carbons (Fsp3) is 0.0714. The van der Waals surface area contributed by atoms with Gasteiger partial charge in [0.2, 0.25) is 0 Å². The summed E-state index contributed by atoms with van der Waals surface area (Å²) in [5, 5.41) is 8.99. The highest BCUT2D eigenvalue weighted by Crippen LogP contribution is 2.36. The van der Waals surface area contributed by atoms with Crippen LogP contribution in [0.25, 0.3) is 0 Å². The fourth-order valence-electron chi connectivity index (χ4n) is 1.50. The van der Waals surface area contributed by atoms with E-state index in [1.807, 2.05) is 30.3 Å². The number of halogens is 1. The van der Waals surface area contributed by atoms with Crippen molar-refractivity contribution >= 4 is 11.8 Å². The summed E-state index contributed by atoms with van der Waals surface area (Å²) in [4.78, 5) is 1.60. The molecule has 0 aliphatic rings. The number of nitriles is 1. The molecule has 0 heterocycles. The molecule has 4 heteroatoms.